The summed E-state index contributed by atoms with van der Waals surface area (Å²) in [4.78, 5) is 6.90. The van der Waals surface area contributed by atoms with Gasteiger partial charge in [-0.15, -0.1) is 0 Å². The summed E-state index contributed by atoms with van der Waals surface area (Å²) in [5.41, 5.74) is 3.41. The first-order chi connectivity index (χ1) is 9.97. The van der Waals surface area contributed by atoms with E-state index in [2.05, 4.69) is 81.3 Å². The van der Waals surface area contributed by atoms with Crippen LogP contribution in [0.1, 0.15) is 5.56 Å². The molecular weight excluding hydrogens is 369 g/mol. The Kier molecular flexibility index (Phi) is 3.60. The molecule has 0 saturated carbocycles. The SMILES string of the molecule is Cc1ccc(-n2cccc2-c2nnn[n]2[Sn]([CH3])([CH3])[CH3])cc1. The molecule has 1 aromatic carbocycles. The van der Waals surface area contributed by atoms with Gasteiger partial charge in [0.1, 0.15) is 0 Å². The van der Waals surface area contributed by atoms with Gasteiger partial charge in [-0.2, -0.15) is 0 Å². The van der Waals surface area contributed by atoms with E-state index >= 15 is 0 Å². The topological polar surface area (TPSA) is 48.5 Å². The second kappa shape index (κ2) is 5.29. The summed E-state index contributed by atoms with van der Waals surface area (Å²) >= 11 is -2.41. The van der Waals surface area contributed by atoms with Crippen LogP contribution in [0, 0.1) is 6.92 Å². The molecule has 0 aliphatic heterocycles. The number of rotatable bonds is 3. The van der Waals surface area contributed by atoms with E-state index in [1.807, 2.05) is 6.07 Å². The predicted molar refractivity (Wildman–Crippen MR) is 86.1 cm³/mol. The van der Waals surface area contributed by atoms with Gasteiger partial charge in [0.25, 0.3) is 0 Å². The molecule has 3 rings (SSSR count). The van der Waals surface area contributed by atoms with Gasteiger partial charge in [0.05, 0.1) is 0 Å². The van der Waals surface area contributed by atoms with E-state index in [1.54, 1.807) is 0 Å². The molecule has 0 spiro atoms. The molecule has 0 fully saturated rings. The first kappa shape index (κ1) is 14.3. The van der Waals surface area contributed by atoms with E-state index in [0.717, 1.165) is 17.2 Å². The summed E-state index contributed by atoms with van der Waals surface area (Å²) in [6.07, 6.45) is 2.05. The van der Waals surface area contributed by atoms with Crippen LogP contribution in [-0.2, 0) is 0 Å². The molecule has 0 aliphatic rings. The minimum atomic E-state index is -2.41. The van der Waals surface area contributed by atoms with Crippen LogP contribution in [0.25, 0.3) is 17.2 Å². The van der Waals surface area contributed by atoms with E-state index < -0.39 is 18.7 Å². The van der Waals surface area contributed by atoms with E-state index in [0.29, 0.717) is 0 Å². The maximum atomic E-state index is 4.26. The number of hydrogen-bond donors (Lipinski definition) is 0. The van der Waals surface area contributed by atoms with Crippen LogP contribution >= 0.6 is 0 Å². The maximum absolute atomic E-state index is 4.26. The van der Waals surface area contributed by atoms with E-state index in [1.165, 1.54) is 5.56 Å². The zero-order valence-electron chi connectivity index (χ0n) is 12.8. The molecule has 6 heteroatoms. The Labute approximate surface area is 128 Å². The van der Waals surface area contributed by atoms with Crippen molar-refractivity contribution in [3.63, 3.8) is 0 Å². The van der Waals surface area contributed by atoms with Crippen molar-refractivity contribution in [2.24, 2.45) is 0 Å². The van der Waals surface area contributed by atoms with Crippen molar-refractivity contribution in [1.29, 1.82) is 0 Å². The van der Waals surface area contributed by atoms with Gasteiger partial charge in [-0.25, -0.2) is 0 Å². The van der Waals surface area contributed by atoms with Crippen LogP contribution in [0.5, 0.6) is 0 Å². The molecule has 0 saturated heterocycles. The summed E-state index contributed by atoms with van der Waals surface area (Å²) in [6.45, 7) is 2.09. The Balaban J connectivity index is 2.12. The first-order valence-electron chi connectivity index (χ1n) is 7.00. The molecular formula is C15H19N5Sn. The van der Waals surface area contributed by atoms with Crippen LogP contribution in [0.4, 0.5) is 0 Å². The number of nitrogens with zero attached hydrogens (tertiary/aromatic N) is 5. The number of hydrogen-bond acceptors (Lipinski definition) is 3. The molecule has 21 heavy (non-hydrogen) atoms. The molecule has 0 aliphatic carbocycles. The molecule has 108 valence electrons. The van der Waals surface area contributed by atoms with E-state index in [-0.39, 0.29) is 0 Å². The average molecular weight is 388 g/mol. The van der Waals surface area contributed by atoms with Crippen molar-refractivity contribution in [3.8, 4) is 17.2 Å². The molecule has 0 unspecified atom stereocenters. The number of aryl methyl sites for hydroxylation is 1. The van der Waals surface area contributed by atoms with Gasteiger partial charge >= 0.3 is 129 Å². The average Bonchev–Trinajstić information content (AvgIpc) is 3.07. The van der Waals surface area contributed by atoms with Crippen LogP contribution in [-0.4, -0.2) is 41.6 Å². The zero-order chi connectivity index (χ0) is 15.0. The van der Waals surface area contributed by atoms with E-state index in [4.69, 9.17) is 0 Å². The van der Waals surface area contributed by atoms with Crippen LogP contribution < -0.4 is 0 Å². The minimum absolute atomic E-state index is 0.865. The molecule has 0 N–H and O–H groups in total. The third kappa shape index (κ3) is 2.74. The van der Waals surface area contributed by atoms with Gasteiger partial charge in [-0.1, -0.05) is 0 Å². The van der Waals surface area contributed by atoms with Gasteiger partial charge in [-0.05, 0) is 0 Å². The second-order valence-electron chi connectivity index (χ2n) is 6.18. The number of aromatic nitrogens is 5. The Morgan fingerprint density at radius 1 is 1.00 bits per heavy atom. The molecule has 0 radical (unpaired) electrons. The molecule has 0 bridgehead atoms. The fourth-order valence-corrected chi connectivity index (χ4v) is 5.44. The Morgan fingerprint density at radius 2 is 1.71 bits per heavy atom. The molecule has 0 atom stereocenters. The fourth-order valence-electron chi connectivity index (χ4n) is 2.29. The van der Waals surface area contributed by atoms with Crippen LogP contribution in [0.2, 0.25) is 14.8 Å². The third-order valence-electron chi connectivity index (χ3n) is 3.39. The summed E-state index contributed by atoms with van der Waals surface area (Å²) in [5, 5.41) is 12.4. The third-order valence-corrected chi connectivity index (χ3v) is 7.88. The van der Waals surface area contributed by atoms with Crippen molar-refractivity contribution < 1.29 is 0 Å². The van der Waals surface area contributed by atoms with Crippen LogP contribution in [0.3, 0.4) is 0 Å². The van der Waals surface area contributed by atoms with Gasteiger partial charge in [0, 0.05) is 0 Å². The second-order valence-corrected chi connectivity index (χ2v) is 19.8. The Bertz CT molecular complexity index is 749. The van der Waals surface area contributed by atoms with Gasteiger partial charge in [0.2, 0.25) is 0 Å². The summed E-state index contributed by atoms with van der Waals surface area (Å²) < 4.78 is 4.20. The molecule has 0 amide bonds. The van der Waals surface area contributed by atoms with Gasteiger partial charge in [0.15, 0.2) is 0 Å². The normalized spacial score (nSPS) is 11.8. The van der Waals surface area contributed by atoms with Crippen LogP contribution in [0.15, 0.2) is 42.6 Å². The Hall–Kier alpha value is -1.63. The summed E-state index contributed by atoms with van der Waals surface area (Å²) in [5.74, 6) is 0.865. The fraction of sp³-hybridized carbons (Fsp3) is 0.267. The molecule has 5 nitrogen and oxygen atoms in total. The summed E-state index contributed by atoms with van der Waals surface area (Å²) in [6, 6.07) is 12.6. The van der Waals surface area contributed by atoms with Crippen molar-refractivity contribution in [2.45, 2.75) is 21.7 Å². The number of benzene rings is 1. The zero-order valence-corrected chi connectivity index (χ0v) is 15.6. The summed E-state index contributed by atoms with van der Waals surface area (Å²) in [7, 11) is 0. The molecule has 2 heterocycles. The standard InChI is InChI=1S/C12H10N5.3CH3.Sn/c1-9-4-6-10(7-5-9)17-8-2-3-11(17)12-13-15-16-14-12;;;;/h2-8H,1H3;3*1H3;/q-1;;;;+1. The quantitative estimate of drug-likeness (QED) is 0.648. The Morgan fingerprint density at radius 3 is 2.38 bits per heavy atom. The van der Waals surface area contributed by atoms with Crippen molar-refractivity contribution in [1.82, 2.24) is 23.0 Å². The van der Waals surface area contributed by atoms with E-state index in [9.17, 15) is 0 Å². The van der Waals surface area contributed by atoms with Gasteiger partial charge < -0.3 is 0 Å². The van der Waals surface area contributed by atoms with Gasteiger partial charge in [-0.3, -0.25) is 0 Å². The van der Waals surface area contributed by atoms with Crippen molar-refractivity contribution in [2.75, 3.05) is 0 Å². The van der Waals surface area contributed by atoms with Crippen molar-refractivity contribution >= 4 is 18.7 Å². The first-order valence-corrected chi connectivity index (χ1v) is 16.8. The number of tetrazole rings is 1. The molecule has 3 aromatic rings. The monoisotopic (exact) mass is 389 g/mol. The predicted octanol–water partition coefficient (Wildman–Crippen LogP) is 3.12. The van der Waals surface area contributed by atoms with Crippen molar-refractivity contribution in [3.05, 3.63) is 48.2 Å². The molecule has 2 aromatic heterocycles.